The summed E-state index contributed by atoms with van der Waals surface area (Å²) in [5.41, 5.74) is 0.114. The largest absolute Gasteiger partial charge is 0.465 e. The van der Waals surface area contributed by atoms with Crippen LogP contribution < -0.4 is 0 Å². The molecule has 0 spiro atoms. The van der Waals surface area contributed by atoms with Gasteiger partial charge in [0.05, 0.1) is 24.4 Å². The number of rotatable bonds is 9. The Morgan fingerprint density at radius 1 is 1.14 bits per heavy atom. The summed E-state index contributed by atoms with van der Waals surface area (Å²) in [5, 5.41) is 44.1. The summed E-state index contributed by atoms with van der Waals surface area (Å²) in [5.74, 6) is -3.69. The first kappa shape index (κ1) is 34.6. The molecule has 0 aromatic rings. The molecule has 4 N–H and O–H groups in total. The van der Waals surface area contributed by atoms with E-state index in [0.717, 1.165) is 19.3 Å². The van der Waals surface area contributed by atoms with Gasteiger partial charge in [0.15, 0.2) is 5.79 Å². The fraction of sp³-hybridized carbons (Fsp3) is 0.886. The highest BCUT2D eigenvalue weighted by molar-refractivity contribution is 5.81. The summed E-state index contributed by atoms with van der Waals surface area (Å²) in [7, 11) is 0. The van der Waals surface area contributed by atoms with E-state index in [4.69, 9.17) is 9.47 Å². The average Bonchev–Trinajstić information content (AvgIpc) is 3.45. The van der Waals surface area contributed by atoms with Gasteiger partial charge in [-0.1, -0.05) is 53.2 Å². The first-order chi connectivity index (χ1) is 20.0. The van der Waals surface area contributed by atoms with Gasteiger partial charge in [0.25, 0.3) is 0 Å². The van der Waals surface area contributed by atoms with Crippen LogP contribution in [0, 0.1) is 58.7 Å². The minimum absolute atomic E-state index is 0.0135. The predicted molar refractivity (Wildman–Crippen MR) is 163 cm³/mol. The third-order valence-electron chi connectivity index (χ3n) is 12.3. The lowest BCUT2D eigenvalue weighted by molar-refractivity contribution is -0.318. The highest BCUT2D eigenvalue weighted by Gasteiger charge is 2.56. The first-order valence-electron chi connectivity index (χ1n) is 16.8. The standard InChI is InChI=1S/C35H58O8/c1-9-28(37)22(5)31-19(2)14-21(4)35(41,43-31)23(6)32(39)42-18-20(3)25-10-12-33(7)16-26-24(17-36)15-29(38)30(26)34(8,40)13-11-27(25)33/h11,19-26,29-31,36,38,40-41H,9-10,12-18H2,1-8H3/t19-,20-,21-,22-,23+,24+,25-,26-,29-,30-,31+,33-,34+,35-/m1/s1. The Morgan fingerprint density at radius 2 is 1.81 bits per heavy atom. The van der Waals surface area contributed by atoms with Gasteiger partial charge in [0, 0.05) is 30.8 Å². The minimum atomic E-state index is -1.72. The van der Waals surface area contributed by atoms with Crippen LogP contribution in [-0.2, 0) is 19.1 Å². The number of ketones is 1. The molecule has 0 radical (unpaired) electrons. The lowest BCUT2D eigenvalue weighted by atomic mass is 9.64. The van der Waals surface area contributed by atoms with Gasteiger partial charge in [-0.15, -0.1) is 0 Å². The van der Waals surface area contributed by atoms with E-state index in [1.807, 2.05) is 34.6 Å². The molecule has 4 aliphatic rings. The number of carbonyl (C=O) groups excluding carboxylic acids is 2. The fourth-order valence-corrected chi connectivity index (χ4v) is 9.56. The second kappa shape index (κ2) is 12.8. The predicted octanol–water partition coefficient (Wildman–Crippen LogP) is 4.66. The number of aliphatic hydroxyl groups is 4. The van der Waals surface area contributed by atoms with Crippen LogP contribution in [0.3, 0.4) is 0 Å². The zero-order valence-electron chi connectivity index (χ0n) is 27.7. The molecule has 0 bridgehead atoms. The summed E-state index contributed by atoms with van der Waals surface area (Å²) < 4.78 is 12.1. The number of hydrogen-bond donors (Lipinski definition) is 4. The minimum Gasteiger partial charge on any atom is -0.465 e. The first-order valence-corrected chi connectivity index (χ1v) is 16.8. The third-order valence-corrected chi connectivity index (χ3v) is 12.3. The van der Waals surface area contributed by atoms with Crippen LogP contribution in [0.2, 0.25) is 0 Å². The summed E-state index contributed by atoms with van der Waals surface area (Å²) >= 11 is 0. The van der Waals surface area contributed by atoms with Gasteiger partial charge in [-0.2, -0.15) is 0 Å². The zero-order valence-corrected chi connectivity index (χ0v) is 27.7. The summed E-state index contributed by atoms with van der Waals surface area (Å²) in [4.78, 5) is 25.9. The molecular weight excluding hydrogens is 548 g/mol. The van der Waals surface area contributed by atoms with Crippen molar-refractivity contribution in [2.45, 2.75) is 124 Å². The van der Waals surface area contributed by atoms with Crippen LogP contribution in [0.5, 0.6) is 0 Å². The molecule has 0 aromatic heterocycles. The number of aliphatic hydroxyl groups excluding tert-OH is 2. The highest BCUT2D eigenvalue weighted by Crippen LogP contribution is 2.59. The molecule has 3 aliphatic carbocycles. The second-order valence-electron chi connectivity index (χ2n) is 15.5. The molecule has 14 atom stereocenters. The Balaban J connectivity index is 1.45. The molecule has 1 aliphatic heterocycles. The molecule has 1 heterocycles. The molecule has 2 saturated carbocycles. The Hall–Kier alpha value is -1.32. The fourth-order valence-electron chi connectivity index (χ4n) is 9.56. The van der Waals surface area contributed by atoms with Crippen molar-refractivity contribution in [1.82, 2.24) is 0 Å². The normalized spacial score (nSPS) is 45.2. The van der Waals surface area contributed by atoms with E-state index in [-0.39, 0.29) is 71.8 Å². The molecule has 1 saturated heterocycles. The molecule has 0 amide bonds. The average molecular weight is 607 g/mol. The Kier molecular flexibility index (Phi) is 10.3. The van der Waals surface area contributed by atoms with E-state index in [1.54, 1.807) is 6.92 Å². The van der Waals surface area contributed by atoms with Crippen molar-refractivity contribution < 1.29 is 39.5 Å². The maximum Gasteiger partial charge on any atom is 0.314 e. The van der Waals surface area contributed by atoms with Gasteiger partial charge < -0.3 is 29.9 Å². The molecule has 43 heavy (non-hydrogen) atoms. The summed E-state index contributed by atoms with van der Waals surface area (Å²) in [6, 6.07) is 0. The third kappa shape index (κ3) is 6.38. The van der Waals surface area contributed by atoms with E-state index < -0.39 is 35.5 Å². The number of Topliss-reactive ketones (excluding diaryl/α,β-unsaturated/α-hetero) is 1. The summed E-state index contributed by atoms with van der Waals surface area (Å²) in [6.07, 6.45) is 5.81. The molecule has 3 fully saturated rings. The van der Waals surface area contributed by atoms with E-state index in [0.29, 0.717) is 25.7 Å². The van der Waals surface area contributed by atoms with Crippen molar-refractivity contribution in [3.63, 3.8) is 0 Å². The maximum atomic E-state index is 13.4. The van der Waals surface area contributed by atoms with Crippen molar-refractivity contribution in [2.24, 2.45) is 58.7 Å². The molecular formula is C35H58O8. The van der Waals surface area contributed by atoms with E-state index >= 15 is 0 Å². The summed E-state index contributed by atoms with van der Waals surface area (Å²) in [6.45, 7) is 15.6. The van der Waals surface area contributed by atoms with Crippen molar-refractivity contribution in [2.75, 3.05) is 13.2 Å². The van der Waals surface area contributed by atoms with Gasteiger partial charge in [-0.3, -0.25) is 9.59 Å². The van der Waals surface area contributed by atoms with E-state index in [9.17, 15) is 30.0 Å². The monoisotopic (exact) mass is 606 g/mol. The molecule has 4 rings (SSSR count). The molecule has 246 valence electrons. The quantitative estimate of drug-likeness (QED) is 0.220. The molecule has 0 unspecified atom stereocenters. The van der Waals surface area contributed by atoms with Gasteiger partial charge in [-0.05, 0) is 87.4 Å². The van der Waals surface area contributed by atoms with Crippen LogP contribution in [-0.4, -0.2) is 69.0 Å². The number of hydrogen-bond acceptors (Lipinski definition) is 8. The van der Waals surface area contributed by atoms with Crippen LogP contribution in [0.25, 0.3) is 0 Å². The van der Waals surface area contributed by atoms with Gasteiger partial charge in [-0.25, -0.2) is 0 Å². The number of fused-ring (bicyclic) bond motifs is 2. The van der Waals surface area contributed by atoms with Crippen molar-refractivity contribution in [1.29, 1.82) is 0 Å². The van der Waals surface area contributed by atoms with E-state index in [2.05, 4.69) is 19.9 Å². The van der Waals surface area contributed by atoms with Crippen molar-refractivity contribution in [3.8, 4) is 0 Å². The second-order valence-corrected chi connectivity index (χ2v) is 15.5. The molecule has 0 aromatic carbocycles. The van der Waals surface area contributed by atoms with Gasteiger partial charge >= 0.3 is 5.97 Å². The van der Waals surface area contributed by atoms with Gasteiger partial charge in [0.1, 0.15) is 11.7 Å². The SMILES string of the molecule is CCC(=O)[C@@H](C)[C@H]1O[C@@](O)([C@@H](C)C(=O)OC[C@@H](C)[C@H]2CC[C@]3(C)C[C@@H]4[C@H](CO)C[C@@H](O)[C@@H]4[C@@](C)(O)CC=C23)[C@H](C)C[C@H]1C. The Bertz CT molecular complexity index is 1050. The Morgan fingerprint density at radius 3 is 2.44 bits per heavy atom. The molecule has 8 heteroatoms. The van der Waals surface area contributed by atoms with Crippen LogP contribution in [0.15, 0.2) is 11.6 Å². The maximum absolute atomic E-state index is 13.4. The lowest BCUT2D eigenvalue weighted by Crippen LogP contribution is -2.57. The number of allylic oxidation sites excluding steroid dienone is 1. The van der Waals surface area contributed by atoms with Crippen LogP contribution >= 0.6 is 0 Å². The van der Waals surface area contributed by atoms with E-state index in [1.165, 1.54) is 5.57 Å². The number of ether oxygens (including phenoxy) is 2. The smallest absolute Gasteiger partial charge is 0.314 e. The molecule has 8 nitrogen and oxygen atoms in total. The van der Waals surface area contributed by atoms with Crippen LogP contribution in [0.4, 0.5) is 0 Å². The van der Waals surface area contributed by atoms with Crippen molar-refractivity contribution in [3.05, 3.63) is 11.6 Å². The highest BCUT2D eigenvalue weighted by atomic mass is 16.6. The lowest BCUT2D eigenvalue weighted by Gasteiger charge is -2.48. The van der Waals surface area contributed by atoms with Gasteiger partial charge in [0.2, 0.25) is 0 Å². The zero-order chi connectivity index (χ0) is 32.1. The number of esters is 1. The topological polar surface area (TPSA) is 134 Å². The van der Waals surface area contributed by atoms with Crippen molar-refractivity contribution >= 4 is 11.8 Å². The van der Waals surface area contributed by atoms with Crippen LogP contribution in [0.1, 0.15) is 100 Å². The number of carbonyl (C=O) groups is 2. The Labute approximate surface area is 258 Å².